The second-order valence-corrected chi connectivity index (χ2v) is 5.62. The standard InChI is InChI=1S/C15H22ClN3O/c1-2-3-14(17)15(20)19-10-8-18(9-11-19)13-6-4-12(16)5-7-13/h4-7,14H,2-3,8-11,17H2,1H3/t14-/m1/s1. The van der Waals surface area contributed by atoms with E-state index in [1.54, 1.807) is 0 Å². The molecule has 4 nitrogen and oxygen atoms in total. The molecule has 1 fully saturated rings. The lowest BCUT2D eigenvalue weighted by molar-refractivity contribution is -0.133. The smallest absolute Gasteiger partial charge is 0.239 e. The minimum Gasteiger partial charge on any atom is -0.368 e. The van der Waals surface area contributed by atoms with Crippen LogP contribution in [0.1, 0.15) is 19.8 Å². The Bertz CT molecular complexity index is 441. The monoisotopic (exact) mass is 295 g/mol. The Labute approximate surface area is 125 Å². The molecule has 1 aliphatic heterocycles. The highest BCUT2D eigenvalue weighted by Gasteiger charge is 2.24. The van der Waals surface area contributed by atoms with Crippen molar-refractivity contribution in [3.05, 3.63) is 29.3 Å². The summed E-state index contributed by atoms with van der Waals surface area (Å²) in [6.07, 6.45) is 1.70. The van der Waals surface area contributed by atoms with Crippen LogP contribution in [0.5, 0.6) is 0 Å². The van der Waals surface area contributed by atoms with Gasteiger partial charge >= 0.3 is 0 Å². The van der Waals surface area contributed by atoms with Gasteiger partial charge in [-0.15, -0.1) is 0 Å². The van der Waals surface area contributed by atoms with E-state index in [0.29, 0.717) is 0 Å². The third kappa shape index (κ3) is 3.64. The molecule has 0 radical (unpaired) electrons. The van der Waals surface area contributed by atoms with Crippen molar-refractivity contribution in [3.8, 4) is 0 Å². The van der Waals surface area contributed by atoms with E-state index in [2.05, 4.69) is 4.90 Å². The number of piperazine rings is 1. The molecule has 1 aromatic carbocycles. The van der Waals surface area contributed by atoms with E-state index >= 15 is 0 Å². The second kappa shape index (κ2) is 6.95. The maximum atomic E-state index is 12.1. The summed E-state index contributed by atoms with van der Waals surface area (Å²) in [4.78, 5) is 16.3. The minimum absolute atomic E-state index is 0.0857. The average Bonchev–Trinajstić information content (AvgIpc) is 2.48. The largest absolute Gasteiger partial charge is 0.368 e. The Hall–Kier alpha value is -1.26. The zero-order valence-corrected chi connectivity index (χ0v) is 12.6. The lowest BCUT2D eigenvalue weighted by atomic mass is 10.1. The SMILES string of the molecule is CCC[C@@H](N)C(=O)N1CCN(c2ccc(Cl)cc2)CC1. The van der Waals surface area contributed by atoms with Gasteiger partial charge in [0.2, 0.25) is 5.91 Å². The molecule has 1 saturated heterocycles. The van der Waals surface area contributed by atoms with Crippen LogP contribution in [0.3, 0.4) is 0 Å². The van der Waals surface area contributed by atoms with Crippen molar-refractivity contribution in [2.75, 3.05) is 31.1 Å². The molecule has 1 amide bonds. The average molecular weight is 296 g/mol. The Balaban J connectivity index is 1.89. The number of carbonyl (C=O) groups is 1. The number of hydrogen-bond donors (Lipinski definition) is 1. The van der Waals surface area contributed by atoms with Gasteiger partial charge in [0.05, 0.1) is 6.04 Å². The van der Waals surface area contributed by atoms with E-state index in [4.69, 9.17) is 17.3 Å². The molecule has 1 aromatic rings. The van der Waals surface area contributed by atoms with Crippen LogP contribution in [0, 0.1) is 0 Å². The molecule has 0 aliphatic carbocycles. The van der Waals surface area contributed by atoms with E-state index < -0.39 is 0 Å². The van der Waals surface area contributed by atoms with Crippen LogP contribution in [0.15, 0.2) is 24.3 Å². The van der Waals surface area contributed by atoms with Crippen molar-refractivity contribution < 1.29 is 4.79 Å². The first-order valence-corrected chi connectivity index (χ1v) is 7.54. The van der Waals surface area contributed by atoms with Crippen LogP contribution in [0.4, 0.5) is 5.69 Å². The quantitative estimate of drug-likeness (QED) is 0.925. The predicted octanol–water partition coefficient (Wildman–Crippen LogP) is 2.12. The Morgan fingerprint density at radius 1 is 1.25 bits per heavy atom. The van der Waals surface area contributed by atoms with Crippen molar-refractivity contribution in [2.24, 2.45) is 5.73 Å². The number of halogens is 1. The van der Waals surface area contributed by atoms with E-state index in [-0.39, 0.29) is 11.9 Å². The molecule has 0 saturated carbocycles. The summed E-state index contributed by atoms with van der Waals surface area (Å²) < 4.78 is 0. The lowest BCUT2D eigenvalue weighted by Crippen LogP contribution is -2.53. The number of anilines is 1. The fourth-order valence-electron chi connectivity index (χ4n) is 2.51. The number of rotatable bonds is 4. The van der Waals surface area contributed by atoms with Crippen molar-refractivity contribution in [3.63, 3.8) is 0 Å². The molecule has 1 atom stereocenters. The van der Waals surface area contributed by atoms with E-state index in [1.807, 2.05) is 36.1 Å². The predicted molar refractivity (Wildman–Crippen MR) is 83.1 cm³/mol. The first-order chi connectivity index (χ1) is 9.61. The first-order valence-electron chi connectivity index (χ1n) is 7.16. The molecule has 0 unspecified atom stereocenters. The molecule has 1 heterocycles. The minimum atomic E-state index is -0.345. The van der Waals surface area contributed by atoms with Crippen LogP contribution in [0.25, 0.3) is 0 Å². The molecule has 5 heteroatoms. The summed E-state index contributed by atoms with van der Waals surface area (Å²) in [5, 5.41) is 0.744. The van der Waals surface area contributed by atoms with Gasteiger partial charge in [0.1, 0.15) is 0 Å². The molecule has 0 spiro atoms. The van der Waals surface area contributed by atoms with Gasteiger partial charge in [-0.05, 0) is 30.7 Å². The Morgan fingerprint density at radius 2 is 1.85 bits per heavy atom. The van der Waals surface area contributed by atoms with E-state index in [1.165, 1.54) is 0 Å². The molecule has 110 valence electrons. The summed E-state index contributed by atoms with van der Waals surface area (Å²) in [5.74, 6) is 0.0857. The highest BCUT2D eigenvalue weighted by molar-refractivity contribution is 6.30. The molecule has 0 aromatic heterocycles. The maximum Gasteiger partial charge on any atom is 0.239 e. The lowest BCUT2D eigenvalue weighted by Gasteiger charge is -2.37. The molecule has 2 rings (SSSR count). The van der Waals surface area contributed by atoms with Gasteiger partial charge in [-0.3, -0.25) is 4.79 Å². The summed E-state index contributed by atoms with van der Waals surface area (Å²) >= 11 is 5.89. The number of hydrogen-bond acceptors (Lipinski definition) is 3. The fraction of sp³-hybridized carbons (Fsp3) is 0.533. The van der Waals surface area contributed by atoms with Crippen LogP contribution in [-0.4, -0.2) is 43.0 Å². The molecule has 2 N–H and O–H groups in total. The Kier molecular flexibility index (Phi) is 5.26. The number of amides is 1. The normalized spacial score (nSPS) is 17.1. The van der Waals surface area contributed by atoms with Crippen LogP contribution in [0.2, 0.25) is 5.02 Å². The Morgan fingerprint density at radius 3 is 2.40 bits per heavy atom. The summed E-state index contributed by atoms with van der Waals surface area (Å²) in [6, 6.07) is 7.48. The molecule has 0 bridgehead atoms. The zero-order valence-electron chi connectivity index (χ0n) is 11.9. The fourth-order valence-corrected chi connectivity index (χ4v) is 2.63. The zero-order chi connectivity index (χ0) is 14.5. The van der Waals surface area contributed by atoms with Crippen molar-refractivity contribution in [1.29, 1.82) is 0 Å². The molecule has 20 heavy (non-hydrogen) atoms. The van der Waals surface area contributed by atoms with Gasteiger partial charge in [0.15, 0.2) is 0 Å². The van der Waals surface area contributed by atoms with Gasteiger partial charge in [-0.2, -0.15) is 0 Å². The third-order valence-corrected chi connectivity index (χ3v) is 3.95. The molecular formula is C15H22ClN3O. The molecule has 1 aliphatic rings. The van der Waals surface area contributed by atoms with Gasteiger partial charge in [0, 0.05) is 36.9 Å². The number of carbonyl (C=O) groups excluding carboxylic acids is 1. The highest BCUT2D eigenvalue weighted by atomic mass is 35.5. The summed E-state index contributed by atoms with van der Waals surface area (Å²) in [5.41, 5.74) is 7.05. The van der Waals surface area contributed by atoms with Crippen molar-refractivity contribution in [1.82, 2.24) is 4.90 Å². The van der Waals surface area contributed by atoms with Gasteiger partial charge in [0.25, 0.3) is 0 Å². The van der Waals surface area contributed by atoms with E-state index in [9.17, 15) is 4.79 Å². The summed E-state index contributed by atoms with van der Waals surface area (Å²) in [7, 11) is 0. The molecular weight excluding hydrogens is 274 g/mol. The first kappa shape index (κ1) is 15.1. The second-order valence-electron chi connectivity index (χ2n) is 5.18. The topological polar surface area (TPSA) is 49.6 Å². The van der Waals surface area contributed by atoms with Gasteiger partial charge in [-0.25, -0.2) is 0 Å². The van der Waals surface area contributed by atoms with Crippen molar-refractivity contribution in [2.45, 2.75) is 25.8 Å². The van der Waals surface area contributed by atoms with Gasteiger partial charge < -0.3 is 15.5 Å². The number of benzene rings is 1. The summed E-state index contributed by atoms with van der Waals surface area (Å²) in [6.45, 7) is 5.20. The highest BCUT2D eigenvalue weighted by Crippen LogP contribution is 2.19. The number of nitrogens with zero attached hydrogens (tertiary/aromatic N) is 2. The van der Waals surface area contributed by atoms with Crippen LogP contribution >= 0.6 is 11.6 Å². The van der Waals surface area contributed by atoms with Crippen LogP contribution in [-0.2, 0) is 4.79 Å². The van der Waals surface area contributed by atoms with E-state index in [0.717, 1.165) is 49.7 Å². The van der Waals surface area contributed by atoms with Crippen LogP contribution < -0.4 is 10.6 Å². The third-order valence-electron chi connectivity index (χ3n) is 3.70. The van der Waals surface area contributed by atoms with Crippen molar-refractivity contribution >= 4 is 23.2 Å². The number of nitrogens with two attached hydrogens (primary N) is 1. The van der Waals surface area contributed by atoms with Gasteiger partial charge in [-0.1, -0.05) is 24.9 Å². The maximum absolute atomic E-state index is 12.1.